The predicted molar refractivity (Wildman–Crippen MR) is 70.0 cm³/mol. The molecule has 0 aromatic heterocycles. The number of rotatable bonds is 8. The van der Waals surface area contributed by atoms with E-state index in [9.17, 15) is 9.59 Å². The summed E-state index contributed by atoms with van der Waals surface area (Å²) in [6, 6.07) is 9.40. The van der Waals surface area contributed by atoms with Crippen molar-refractivity contribution in [1.29, 1.82) is 0 Å². The molecule has 0 aliphatic heterocycles. The number of amides is 1. The van der Waals surface area contributed by atoms with Gasteiger partial charge in [-0.25, -0.2) is 5.48 Å². The lowest BCUT2D eigenvalue weighted by Crippen LogP contribution is -2.28. The topological polar surface area (TPSA) is 75.6 Å². The van der Waals surface area contributed by atoms with E-state index in [0.717, 1.165) is 12.0 Å². The van der Waals surface area contributed by atoms with Crippen molar-refractivity contribution in [3.05, 3.63) is 35.9 Å². The summed E-state index contributed by atoms with van der Waals surface area (Å²) in [6.45, 7) is 2.15. The summed E-state index contributed by atoms with van der Waals surface area (Å²) in [7, 11) is 0. The van der Waals surface area contributed by atoms with Crippen molar-refractivity contribution < 1.29 is 19.5 Å². The summed E-state index contributed by atoms with van der Waals surface area (Å²) < 4.78 is 0. The van der Waals surface area contributed by atoms with Crippen LogP contribution in [0.1, 0.15) is 31.7 Å². The lowest BCUT2D eigenvalue weighted by atomic mass is 10.00. The zero-order valence-electron chi connectivity index (χ0n) is 11.0. The van der Waals surface area contributed by atoms with Gasteiger partial charge >= 0.3 is 5.97 Å². The maximum atomic E-state index is 11.5. The minimum Gasteiger partial charge on any atom is -0.481 e. The molecular formula is C14H19NO4. The SMILES string of the molecule is CCCC(CC(=O)NOCc1ccccc1)C(=O)O. The Bertz CT molecular complexity index is 405. The molecule has 0 aliphatic rings. The minimum atomic E-state index is -0.944. The van der Waals surface area contributed by atoms with Crippen LogP contribution < -0.4 is 5.48 Å². The minimum absolute atomic E-state index is 0.0576. The van der Waals surface area contributed by atoms with Crippen molar-refractivity contribution in [2.45, 2.75) is 32.8 Å². The first-order valence-electron chi connectivity index (χ1n) is 6.30. The van der Waals surface area contributed by atoms with Gasteiger partial charge in [0.2, 0.25) is 5.91 Å². The second kappa shape index (κ2) is 8.26. The molecule has 1 aromatic carbocycles. The standard InChI is InChI=1S/C14H19NO4/c1-2-6-12(14(17)18)9-13(16)15-19-10-11-7-4-3-5-8-11/h3-5,7-8,12H,2,6,9-10H2,1H3,(H,15,16)(H,17,18). The highest BCUT2D eigenvalue weighted by Gasteiger charge is 2.20. The monoisotopic (exact) mass is 265 g/mol. The molecule has 1 unspecified atom stereocenters. The third kappa shape index (κ3) is 6.01. The largest absolute Gasteiger partial charge is 0.481 e. The molecule has 0 aliphatic carbocycles. The average molecular weight is 265 g/mol. The van der Waals surface area contributed by atoms with E-state index in [-0.39, 0.29) is 13.0 Å². The van der Waals surface area contributed by atoms with Gasteiger partial charge in [0.05, 0.1) is 12.5 Å². The van der Waals surface area contributed by atoms with Crippen molar-refractivity contribution in [3.63, 3.8) is 0 Å². The van der Waals surface area contributed by atoms with Crippen LogP contribution in [0.15, 0.2) is 30.3 Å². The van der Waals surface area contributed by atoms with Crippen molar-refractivity contribution >= 4 is 11.9 Å². The van der Waals surface area contributed by atoms with Gasteiger partial charge in [0, 0.05) is 6.42 Å². The first-order valence-corrected chi connectivity index (χ1v) is 6.30. The third-order valence-electron chi connectivity index (χ3n) is 2.69. The van der Waals surface area contributed by atoms with Crippen molar-refractivity contribution in [1.82, 2.24) is 5.48 Å². The summed E-state index contributed by atoms with van der Waals surface area (Å²) >= 11 is 0. The number of hydrogen-bond donors (Lipinski definition) is 2. The fraction of sp³-hybridized carbons (Fsp3) is 0.429. The number of nitrogens with one attached hydrogen (secondary N) is 1. The molecular weight excluding hydrogens is 246 g/mol. The van der Waals surface area contributed by atoms with Crippen LogP contribution in [0.2, 0.25) is 0 Å². The maximum Gasteiger partial charge on any atom is 0.307 e. The number of hydroxylamine groups is 1. The number of carboxylic acids is 1. The van der Waals surface area contributed by atoms with Gasteiger partial charge < -0.3 is 5.11 Å². The fourth-order valence-electron chi connectivity index (χ4n) is 1.70. The van der Waals surface area contributed by atoms with Crippen LogP contribution in [0, 0.1) is 5.92 Å². The van der Waals surface area contributed by atoms with E-state index >= 15 is 0 Å². The summed E-state index contributed by atoms with van der Waals surface area (Å²) in [5, 5.41) is 8.94. The molecule has 0 fully saturated rings. The number of carboxylic acid groups (broad SMARTS) is 1. The summed E-state index contributed by atoms with van der Waals surface area (Å²) in [5.41, 5.74) is 3.21. The zero-order valence-corrected chi connectivity index (χ0v) is 11.0. The molecule has 1 rings (SSSR count). The first kappa shape index (κ1) is 15.2. The molecule has 0 heterocycles. The van der Waals surface area contributed by atoms with Gasteiger partial charge in [0.25, 0.3) is 0 Å². The van der Waals surface area contributed by atoms with Crippen LogP contribution in [0.5, 0.6) is 0 Å². The quantitative estimate of drug-likeness (QED) is 0.706. The molecule has 2 N–H and O–H groups in total. The van der Waals surface area contributed by atoms with Crippen molar-refractivity contribution in [2.24, 2.45) is 5.92 Å². The molecule has 0 saturated carbocycles. The Morgan fingerprint density at radius 1 is 1.32 bits per heavy atom. The fourth-order valence-corrected chi connectivity index (χ4v) is 1.70. The third-order valence-corrected chi connectivity index (χ3v) is 2.69. The molecule has 1 atom stereocenters. The Labute approximate surface area is 112 Å². The molecule has 1 amide bonds. The number of carbonyl (C=O) groups excluding carboxylic acids is 1. The van der Waals surface area contributed by atoms with Gasteiger partial charge in [-0.15, -0.1) is 0 Å². The van der Waals surface area contributed by atoms with Gasteiger partial charge in [0.1, 0.15) is 0 Å². The molecule has 0 saturated heterocycles. The van der Waals surface area contributed by atoms with E-state index < -0.39 is 17.8 Å². The number of carbonyl (C=O) groups is 2. The second-order valence-corrected chi connectivity index (χ2v) is 4.33. The molecule has 0 spiro atoms. The number of hydrogen-bond acceptors (Lipinski definition) is 3. The van der Waals surface area contributed by atoms with E-state index in [1.165, 1.54) is 0 Å². The van der Waals surface area contributed by atoms with Gasteiger partial charge in [-0.2, -0.15) is 0 Å². The smallest absolute Gasteiger partial charge is 0.307 e. The predicted octanol–water partition coefficient (Wildman–Crippen LogP) is 2.13. The van der Waals surface area contributed by atoms with Crippen molar-refractivity contribution in [2.75, 3.05) is 0 Å². The van der Waals surface area contributed by atoms with Gasteiger partial charge in [-0.05, 0) is 12.0 Å². The normalized spacial score (nSPS) is 11.8. The molecule has 104 valence electrons. The van der Waals surface area contributed by atoms with E-state index in [2.05, 4.69) is 5.48 Å². The molecule has 5 heteroatoms. The van der Waals surface area contributed by atoms with Crippen LogP contribution in [-0.4, -0.2) is 17.0 Å². The Hall–Kier alpha value is -1.88. The Kier molecular flexibility index (Phi) is 6.60. The summed E-state index contributed by atoms with van der Waals surface area (Å²) in [4.78, 5) is 27.5. The highest BCUT2D eigenvalue weighted by molar-refractivity contribution is 5.81. The lowest BCUT2D eigenvalue weighted by Gasteiger charge is -2.11. The molecule has 1 aromatic rings. The van der Waals surface area contributed by atoms with Crippen LogP contribution in [0.4, 0.5) is 0 Å². The summed E-state index contributed by atoms with van der Waals surface area (Å²) in [5.74, 6) is -2.00. The van der Waals surface area contributed by atoms with Crippen molar-refractivity contribution in [3.8, 4) is 0 Å². The van der Waals surface area contributed by atoms with E-state index in [1.54, 1.807) is 0 Å². The van der Waals surface area contributed by atoms with Crippen LogP contribution >= 0.6 is 0 Å². The Balaban J connectivity index is 2.29. The van der Waals surface area contributed by atoms with Gasteiger partial charge in [-0.3, -0.25) is 14.4 Å². The van der Waals surface area contributed by atoms with Crippen LogP contribution in [-0.2, 0) is 21.0 Å². The van der Waals surface area contributed by atoms with E-state index in [0.29, 0.717) is 6.42 Å². The molecule has 0 radical (unpaired) electrons. The van der Waals surface area contributed by atoms with Gasteiger partial charge in [0.15, 0.2) is 0 Å². The van der Waals surface area contributed by atoms with Gasteiger partial charge in [-0.1, -0.05) is 43.7 Å². The molecule has 0 bridgehead atoms. The first-order chi connectivity index (χ1) is 9.13. The summed E-state index contributed by atoms with van der Waals surface area (Å²) in [6.07, 6.45) is 1.16. The Morgan fingerprint density at radius 2 is 2.00 bits per heavy atom. The molecule has 19 heavy (non-hydrogen) atoms. The number of aliphatic carboxylic acids is 1. The zero-order chi connectivity index (χ0) is 14.1. The van der Waals surface area contributed by atoms with E-state index in [4.69, 9.17) is 9.94 Å². The highest BCUT2D eigenvalue weighted by atomic mass is 16.6. The van der Waals surface area contributed by atoms with Crippen LogP contribution in [0.25, 0.3) is 0 Å². The second-order valence-electron chi connectivity index (χ2n) is 4.33. The molecule has 5 nitrogen and oxygen atoms in total. The highest BCUT2D eigenvalue weighted by Crippen LogP contribution is 2.11. The average Bonchev–Trinajstić information content (AvgIpc) is 2.39. The lowest BCUT2D eigenvalue weighted by molar-refractivity contribution is -0.147. The number of benzene rings is 1. The van der Waals surface area contributed by atoms with Crippen LogP contribution in [0.3, 0.4) is 0 Å². The Morgan fingerprint density at radius 3 is 2.58 bits per heavy atom. The van der Waals surface area contributed by atoms with E-state index in [1.807, 2.05) is 37.3 Å². The maximum absolute atomic E-state index is 11.5.